The van der Waals surface area contributed by atoms with Crippen molar-refractivity contribution >= 4 is 9.84 Å². The van der Waals surface area contributed by atoms with Crippen LogP contribution < -0.4 is 5.43 Å². The Labute approximate surface area is 172 Å². The lowest BCUT2D eigenvalue weighted by molar-refractivity contribution is 0.602. The van der Waals surface area contributed by atoms with Gasteiger partial charge in [-0.25, -0.2) is 17.8 Å². The van der Waals surface area contributed by atoms with Gasteiger partial charge in [-0.1, -0.05) is 0 Å². The fourth-order valence-corrected chi connectivity index (χ4v) is 3.57. The van der Waals surface area contributed by atoms with E-state index in [2.05, 4.69) is 16.3 Å². The van der Waals surface area contributed by atoms with E-state index in [1.54, 1.807) is 53.3 Å². The van der Waals surface area contributed by atoms with E-state index >= 15 is 0 Å². The smallest absolute Gasteiger partial charge is 0.209 e. The zero-order valence-corrected chi connectivity index (χ0v) is 16.6. The predicted octanol–water partition coefficient (Wildman–Crippen LogP) is 2.36. The molecule has 4 aromatic rings. The quantitative estimate of drug-likeness (QED) is 0.504. The normalized spacial score (nSPS) is 11.2. The Morgan fingerprint density at radius 3 is 2.23 bits per heavy atom. The molecule has 148 valence electrons. The van der Waals surface area contributed by atoms with Gasteiger partial charge in [-0.15, -0.1) is 0 Å². The van der Waals surface area contributed by atoms with Gasteiger partial charge in [-0.2, -0.15) is 15.5 Å². The van der Waals surface area contributed by atoms with Crippen molar-refractivity contribution < 1.29 is 8.42 Å². The van der Waals surface area contributed by atoms with Gasteiger partial charge in [0.05, 0.1) is 39.8 Å². The first-order valence-electron chi connectivity index (χ1n) is 8.82. The first kappa shape index (κ1) is 19.3. The Kier molecular flexibility index (Phi) is 4.77. The van der Waals surface area contributed by atoms with Crippen molar-refractivity contribution in [3.05, 3.63) is 88.8 Å². The molecule has 2 heterocycles. The molecular formula is C21H15N5O3S. The van der Waals surface area contributed by atoms with E-state index in [0.29, 0.717) is 22.6 Å². The molecule has 2 aromatic carbocycles. The molecule has 9 heteroatoms. The number of benzene rings is 2. The second kappa shape index (κ2) is 7.42. The summed E-state index contributed by atoms with van der Waals surface area (Å²) in [6.07, 6.45) is 4.22. The van der Waals surface area contributed by atoms with E-state index in [1.807, 2.05) is 0 Å². The van der Waals surface area contributed by atoms with E-state index in [1.165, 1.54) is 29.1 Å². The van der Waals surface area contributed by atoms with Crippen LogP contribution in [0.5, 0.6) is 0 Å². The van der Waals surface area contributed by atoms with Crippen molar-refractivity contribution in [2.24, 2.45) is 0 Å². The molecule has 0 saturated carbocycles. The molecule has 0 saturated heterocycles. The van der Waals surface area contributed by atoms with Gasteiger partial charge in [0.25, 0.3) is 0 Å². The van der Waals surface area contributed by atoms with Crippen LogP contribution in [0, 0.1) is 11.3 Å². The van der Waals surface area contributed by atoms with Crippen LogP contribution >= 0.6 is 0 Å². The Morgan fingerprint density at radius 1 is 0.933 bits per heavy atom. The molecule has 4 rings (SSSR count). The van der Waals surface area contributed by atoms with Crippen LogP contribution in [0.4, 0.5) is 0 Å². The van der Waals surface area contributed by atoms with Crippen molar-refractivity contribution in [2.45, 2.75) is 4.90 Å². The molecule has 0 atom stereocenters. The minimum absolute atomic E-state index is 0.187. The summed E-state index contributed by atoms with van der Waals surface area (Å²) in [5.41, 5.74) is 2.20. The molecule has 0 bridgehead atoms. The molecule has 0 radical (unpaired) electrons. The van der Waals surface area contributed by atoms with Gasteiger partial charge < -0.3 is 0 Å². The average Bonchev–Trinajstić information content (AvgIpc) is 3.23. The van der Waals surface area contributed by atoms with Gasteiger partial charge in [0, 0.05) is 18.5 Å². The monoisotopic (exact) mass is 417 g/mol. The number of sulfone groups is 1. The second-order valence-electron chi connectivity index (χ2n) is 6.53. The number of rotatable bonds is 4. The molecule has 8 nitrogen and oxygen atoms in total. The van der Waals surface area contributed by atoms with Crippen LogP contribution in [0.25, 0.3) is 22.8 Å². The Hall–Kier alpha value is -4.03. The van der Waals surface area contributed by atoms with Crippen LogP contribution in [-0.2, 0) is 9.84 Å². The van der Waals surface area contributed by atoms with E-state index in [4.69, 9.17) is 5.26 Å². The fourth-order valence-electron chi connectivity index (χ4n) is 2.94. The first-order valence-corrected chi connectivity index (χ1v) is 10.7. The molecular weight excluding hydrogens is 402 g/mol. The number of hydrogen-bond acceptors (Lipinski definition) is 6. The third-order valence-electron chi connectivity index (χ3n) is 4.46. The van der Waals surface area contributed by atoms with Crippen molar-refractivity contribution in [2.75, 3.05) is 6.26 Å². The van der Waals surface area contributed by atoms with Crippen molar-refractivity contribution in [1.82, 2.24) is 19.6 Å². The maximum absolute atomic E-state index is 12.5. The molecule has 0 spiro atoms. The van der Waals surface area contributed by atoms with Crippen LogP contribution in [0.15, 0.2) is 82.7 Å². The summed E-state index contributed by atoms with van der Waals surface area (Å²) in [6.45, 7) is 0. The molecule has 2 aromatic heterocycles. The third-order valence-corrected chi connectivity index (χ3v) is 5.59. The fraction of sp³-hybridized carbons (Fsp3) is 0.0476. The molecule has 0 aliphatic rings. The van der Waals surface area contributed by atoms with Crippen LogP contribution in [0.1, 0.15) is 5.56 Å². The van der Waals surface area contributed by atoms with E-state index in [9.17, 15) is 13.2 Å². The average molecular weight is 417 g/mol. The maximum Gasteiger partial charge on any atom is 0.209 e. The first-order chi connectivity index (χ1) is 14.4. The zero-order chi connectivity index (χ0) is 21.3. The summed E-state index contributed by atoms with van der Waals surface area (Å²) in [6, 6.07) is 18.2. The number of nitriles is 1. The van der Waals surface area contributed by atoms with Crippen molar-refractivity contribution in [3.63, 3.8) is 0 Å². The highest BCUT2D eigenvalue weighted by molar-refractivity contribution is 7.90. The highest BCUT2D eigenvalue weighted by Gasteiger charge is 2.14. The van der Waals surface area contributed by atoms with Gasteiger partial charge in [-0.05, 0) is 54.6 Å². The number of hydrogen-bond donors (Lipinski definition) is 0. The van der Waals surface area contributed by atoms with Gasteiger partial charge in [0.2, 0.25) is 5.43 Å². The summed E-state index contributed by atoms with van der Waals surface area (Å²) >= 11 is 0. The minimum Gasteiger partial charge on any atom is -0.287 e. The molecule has 30 heavy (non-hydrogen) atoms. The number of aromatic nitrogens is 4. The van der Waals surface area contributed by atoms with Crippen molar-refractivity contribution in [1.29, 1.82) is 5.26 Å². The molecule has 0 amide bonds. The predicted molar refractivity (Wildman–Crippen MR) is 110 cm³/mol. The summed E-state index contributed by atoms with van der Waals surface area (Å²) in [4.78, 5) is 12.7. The highest BCUT2D eigenvalue weighted by Crippen LogP contribution is 2.19. The van der Waals surface area contributed by atoms with Crippen LogP contribution in [0.3, 0.4) is 0 Å². The zero-order valence-electron chi connectivity index (χ0n) is 15.8. The topological polar surface area (TPSA) is 111 Å². The largest absolute Gasteiger partial charge is 0.287 e. The SMILES string of the molecule is CS(=O)(=O)c1ccc(-n2ccc(=O)c(-c3ccnn3-c3ccc(C#N)cc3)n2)cc1. The van der Waals surface area contributed by atoms with E-state index < -0.39 is 9.84 Å². The molecule has 0 N–H and O–H groups in total. The summed E-state index contributed by atoms with van der Waals surface area (Å²) in [5.74, 6) is 0. The summed E-state index contributed by atoms with van der Waals surface area (Å²) in [5, 5.41) is 17.7. The summed E-state index contributed by atoms with van der Waals surface area (Å²) in [7, 11) is -3.30. The molecule has 0 aliphatic heterocycles. The Bertz CT molecular complexity index is 1430. The van der Waals surface area contributed by atoms with E-state index in [-0.39, 0.29) is 16.0 Å². The maximum atomic E-state index is 12.5. The van der Waals surface area contributed by atoms with E-state index in [0.717, 1.165) is 6.26 Å². The molecule has 0 fully saturated rings. The van der Waals surface area contributed by atoms with Crippen molar-refractivity contribution in [3.8, 4) is 28.8 Å². The van der Waals surface area contributed by atoms with Gasteiger partial charge in [0.1, 0.15) is 0 Å². The molecule has 0 aliphatic carbocycles. The third kappa shape index (κ3) is 3.64. The van der Waals surface area contributed by atoms with Gasteiger partial charge in [-0.3, -0.25) is 4.79 Å². The lowest BCUT2D eigenvalue weighted by atomic mass is 10.2. The minimum atomic E-state index is -3.30. The number of nitrogens with zero attached hydrogens (tertiary/aromatic N) is 5. The van der Waals surface area contributed by atoms with Gasteiger partial charge >= 0.3 is 0 Å². The summed E-state index contributed by atoms with van der Waals surface area (Å²) < 4.78 is 26.4. The van der Waals surface area contributed by atoms with Crippen LogP contribution in [0.2, 0.25) is 0 Å². The highest BCUT2D eigenvalue weighted by atomic mass is 32.2. The van der Waals surface area contributed by atoms with Gasteiger partial charge in [0.15, 0.2) is 15.5 Å². The lowest BCUT2D eigenvalue weighted by Crippen LogP contribution is -2.14. The van der Waals surface area contributed by atoms with Crippen LogP contribution in [-0.4, -0.2) is 34.2 Å². The Balaban J connectivity index is 1.78. The second-order valence-corrected chi connectivity index (χ2v) is 8.54. The standard InChI is InChI=1S/C21H15N5O3S/c1-30(28,29)18-8-6-16(7-9-18)25-13-11-20(27)21(24-25)19-10-12-23-26(19)17-4-2-15(14-22)3-5-17/h2-13H,1H3. The lowest BCUT2D eigenvalue weighted by Gasteiger charge is -2.10. The Morgan fingerprint density at radius 2 is 1.60 bits per heavy atom. The molecule has 0 unspecified atom stereocenters.